The molecule has 0 bridgehead atoms. The van der Waals surface area contributed by atoms with Crippen molar-refractivity contribution in [2.45, 2.75) is 0 Å². The Bertz CT molecular complexity index is 3500. The monoisotopic (exact) mass is 753 g/mol. The second-order valence-electron chi connectivity index (χ2n) is 15.0. The minimum atomic E-state index is 0.627. The highest BCUT2D eigenvalue weighted by molar-refractivity contribution is 6.22. The fourth-order valence-electron chi connectivity index (χ4n) is 9.04. The minimum Gasteiger partial charge on any atom is -0.310 e. The number of hydrogen-bond donors (Lipinski definition) is 0. The molecule has 12 rings (SSSR count). The van der Waals surface area contributed by atoms with Gasteiger partial charge in [0.25, 0.3) is 0 Å². The van der Waals surface area contributed by atoms with E-state index in [1.54, 1.807) is 0 Å². The molecular weight excluding hydrogens is 719 g/mol. The van der Waals surface area contributed by atoms with Crippen molar-refractivity contribution in [3.8, 4) is 22.9 Å². The highest BCUT2D eigenvalue weighted by Gasteiger charge is 2.25. The Morgan fingerprint density at radius 1 is 0.373 bits per heavy atom. The van der Waals surface area contributed by atoms with Crippen molar-refractivity contribution in [2.24, 2.45) is 0 Å². The molecular formula is C54H35N5. The number of rotatable bonds is 6. The van der Waals surface area contributed by atoms with E-state index in [1.807, 2.05) is 0 Å². The van der Waals surface area contributed by atoms with Crippen LogP contribution in [0.4, 0.5) is 17.1 Å². The van der Waals surface area contributed by atoms with Gasteiger partial charge in [0.2, 0.25) is 5.95 Å². The average Bonchev–Trinajstić information content (AvgIpc) is 3.81. The molecule has 0 aliphatic rings. The van der Waals surface area contributed by atoms with E-state index in [-0.39, 0.29) is 0 Å². The Morgan fingerprint density at radius 2 is 0.966 bits per heavy atom. The van der Waals surface area contributed by atoms with Crippen LogP contribution in [0.1, 0.15) is 0 Å². The summed E-state index contributed by atoms with van der Waals surface area (Å²) in [6, 6.07) is 75.4. The van der Waals surface area contributed by atoms with Crippen LogP contribution in [0.3, 0.4) is 0 Å². The molecule has 0 aliphatic carbocycles. The SMILES string of the molecule is c1ccc(-c2nc(-n3c4ccc(N(c5ccccc5)c5ccccc5)cc4c4c5ccccc5ccc43)nc3c4cc5ccccc5cc4n(-c4ccccc4)c23)cc1. The quantitative estimate of drug-likeness (QED) is 0.170. The second-order valence-corrected chi connectivity index (χ2v) is 15.0. The number of aromatic nitrogens is 4. The first-order valence-electron chi connectivity index (χ1n) is 20.0. The van der Waals surface area contributed by atoms with Crippen molar-refractivity contribution >= 4 is 82.3 Å². The Hall–Kier alpha value is -8.02. The predicted molar refractivity (Wildman–Crippen MR) is 246 cm³/mol. The summed E-state index contributed by atoms with van der Waals surface area (Å²) < 4.78 is 4.62. The Morgan fingerprint density at radius 3 is 1.68 bits per heavy atom. The summed E-state index contributed by atoms with van der Waals surface area (Å²) in [5.74, 6) is 0.627. The van der Waals surface area contributed by atoms with Gasteiger partial charge in [0.05, 0.1) is 22.1 Å². The minimum absolute atomic E-state index is 0.627. The number of para-hydroxylation sites is 3. The standard InChI is InChI=1S/C54H35N5/c1-5-18-37(19-6-1)51-53-52(46-33-38-20-13-14-21-39(38)34-49(46)58(53)42-26-11-4-12-27-42)56-54(55-51)59-47-32-30-43(57(40-22-7-2-8-23-40)41-24-9-3-10-25-41)35-45(47)50-44-28-16-15-17-36(44)29-31-48(50)59/h1-35H. The van der Waals surface area contributed by atoms with Gasteiger partial charge in [0.1, 0.15) is 11.2 Å². The van der Waals surface area contributed by atoms with Gasteiger partial charge in [-0.2, -0.15) is 0 Å². The van der Waals surface area contributed by atoms with E-state index in [1.165, 1.54) is 26.9 Å². The molecule has 0 unspecified atom stereocenters. The van der Waals surface area contributed by atoms with Crippen LogP contribution < -0.4 is 4.90 Å². The summed E-state index contributed by atoms with van der Waals surface area (Å²) in [7, 11) is 0. The van der Waals surface area contributed by atoms with Crippen molar-refractivity contribution < 1.29 is 0 Å². The third-order valence-electron chi connectivity index (χ3n) is 11.6. The summed E-state index contributed by atoms with van der Waals surface area (Å²) in [5, 5.41) is 8.11. The van der Waals surface area contributed by atoms with Gasteiger partial charge in [-0.25, -0.2) is 9.97 Å². The van der Waals surface area contributed by atoms with Gasteiger partial charge in [-0.3, -0.25) is 4.57 Å². The molecule has 0 saturated heterocycles. The van der Waals surface area contributed by atoms with Crippen LogP contribution in [0.5, 0.6) is 0 Å². The zero-order valence-electron chi connectivity index (χ0n) is 31.9. The zero-order valence-corrected chi connectivity index (χ0v) is 31.9. The van der Waals surface area contributed by atoms with E-state index in [0.717, 1.165) is 72.4 Å². The van der Waals surface area contributed by atoms with E-state index in [0.29, 0.717) is 5.95 Å². The molecule has 0 saturated carbocycles. The van der Waals surface area contributed by atoms with Gasteiger partial charge in [-0.15, -0.1) is 0 Å². The number of benzene rings is 9. The summed E-state index contributed by atoms with van der Waals surface area (Å²) in [6.45, 7) is 0. The lowest BCUT2D eigenvalue weighted by Gasteiger charge is -2.25. The van der Waals surface area contributed by atoms with Gasteiger partial charge < -0.3 is 9.47 Å². The first-order chi connectivity index (χ1) is 29.3. The summed E-state index contributed by atoms with van der Waals surface area (Å²) >= 11 is 0. The van der Waals surface area contributed by atoms with E-state index in [9.17, 15) is 0 Å². The first-order valence-corrected chi connectivity index (χ1v) is 20.0. The largest absolute Gasteiger partial charge is 0.310 e. The first kappa shape index (κ1) is 33.2. The maximum atomic E-state index is 5.64. The molecule has 276 valence electrons. The Balaban J connectivity index is 1.21. The van der Waals surface area contributed by atoms with Crippen LogP contribution in [0, 0.1) is 0 Å². The normalized spacial score (nSPS) is 11.7. The topological polar surface area (TPSA) is 38.9 Å². The van der Waals surface area contributed by atoms with E-state index in [4.69, 9.17) is 9.97 Å². The molecule has 5 heteroatoms. The maximum Gasteiger partial charge on any atom is 0.235 e. The summed E-state index contributed by atoms with van der Waals surface area (Å²) in [5.41, 5.74) is 11.3. The lowest BCUT2D eigenvalue weighted by atomic mass is 10.0. The Labute approximate surface area is 340 Å². The van der Waals surface area contributed by atoms with E-state index in [2.05, 4.69) is 226 Å². The fourth-order valence-corrected chi connectivity index (χ4v) is 9.04. The average molecular weight is 754 g/mol. The molecule has 3 heterocycles. The highest BCUT2D eigenvalue weighted by Crippen LogP contribution is 2.43. The molecule has 3 aromatic heterocycles. The Kier molecular flexibility index (Phi) is 7.47. The van der Waals surface area contributed by atoms with Gasteiger partial charge >= 0.3 is 0 Å². The summed E-state index contributed by atoms with van der Waals surface area (Å²) in [6.07, 6.45) is 0. The van der Waals surface area contributed by atoms with E-state index < -0.39 is 0 Å². The maximum absolute atomic E-state index is 5.64. The summed E-state index contributed by atoms with van der Waals surface area (Å²) in [4.78, 5) is 13.6. The van der Waals surface area contributed by atoms with Gasteiger partial charge in [-0.05, 0) is 94.3 Å². The fraction of sp³-hybridized carbons (Fsp3) is 0. The zero-order chi connectivity index (χ0) is 38.9. The third kappa shape index (κ3) is 5.25. The second kappa shape index (κ2) is 13.3. The lowest BCUT2D eigenvalue weighted by Crippen LogP contribution is -2.09. The van der Waals surface area contributed by atoms with E-state index >= 15 is 0 Å². The van der Waals surface area contributed by atoms with Crippen molar-refractivity contribution in [3.63, 3.8) is 0 Å². The molecule has 0 radical (unpaired) electrons. The van der Waals surface area contributed by atoms with Crippen LogP contribution in [-0.2, 0) is 0 Å². The molecule has 5 nitrogen and oxygen atoms in total. The lowest BCUT2D eigenvalue weighted by molar-refractivity contribution is 1.01. The van der Waals surface area contributed by atoms with Crippen LogP contribution in [0.15, 0.2) is 212 Å². The van der Waals surface area contributed by atoms with Crippen molar-refractivity contribution in [2.75, 3.05) is 4.90 Å². The molecule has 0 spiro atoms. The highest BCUT2D eigenvalue weighted by atomic mass is 15.2. The van der Waals surface area contributed by atoms with Gasteiger partial charge in [0.15, 0.2) is 0 Å². The molecule has 59 heavy (non-hydrogen) atoms. The van der Waals surface area contributed by atoms with Crippen LogP contribution in [0.2, 0.25) is 0 Å². The third-order valence-corrected chi connectivity index (χ3v) is 11.6. The molecule has 9 aromatic carbocycles. The predicted octanol–water partition coefficient (Wildman–Crippen LogP) is 14.1. The number of nitrogens with zero attached hydrogens (tertiary/aromatic N) is 5. The molecule has 0 aliphatic heterocycles. The molecule has 0 N–H and O–H groups in total. The molecule has 0 amide bonds. The van der Waals surface area contributed by atoms with Crippen molar-refractivity contribution in [1.82, 2.24) is 19.1 Å². The molecule has 12 aromatic rings. The van der Waals surface area contributed by atoms with Gasteiger partial charge in [-0.1, -0.05) is 140 Å². The van der Waals surface area contributed by atoms with Crippen molar-refractivity contribution in [3.05, 3.63) is 212 Å². The van der Waals surface area contributed by atoms with Crippen LogP contribution >= 0.6 is 0 Å². The molecule has 0 fully saturated rings. The molecule has 0 atom stereocenters. The number of fused-ring (bicyclic) bond motifs is 9. The number of hydrogen-bond acceptors (Lipinski definition) is 3. The van der Waals surface area contributed by atoms with Crippen LogP contribution in [0.25, 0.3) is 88.2 Å². The van der Waals surface area contributed by atoms with Crippen molar-refractivity contribution in [1.29, 1.82) is 0 Å². The smallest absolute Gasteiger partial charge is 0.235 e. The van der Waals surface area contributed by atoms with Gasteiger partial charge in [0, 0.05) is 44.5 Å². The number of anilines is 3. The van der Waals surface area contributed by atoms with Crippen LogP contribution in [-0.4, -0.2) is 19.1 Å².